The molecule has 0 aromatic rings. The van der Waals surface area contributed by atoms with Gasteiger partial charge in [0.2, 0.25) is 0 Å². The van der Waals surface area contributed by atoms with Crippen LogP contribution in [0.5, 0.6) is 0 Å². The van der Waals surface area contributed by atoms with Crippen molar-refractivity contribution in [2.75, 3.05) is 19.6 Å². The SMILES string of the molecule is CC(CCN1CCCC1)S(=O)(=O)O. The van der Waals surface area contributed by atoms with Crippen molar-refractivity contribution in [1.82, 2.24) is 4.90 Å². The minimum Gasteiger partial charge on any atom is -0.303 e. The average Bonchev–Trinajstić information content (AvgIpc) is 2.50. The van der Waals surface area contributed by atoms with Crippen LogP contribution >= 0.6 is 0 Å². The molecule has 1 saturated heterocycles. The first kappa shape index (κ1) is 10.9. The zero-order chi connectivity index (χ0) is 9.90. The molecule has 0 aromatic heterocycles. The van der Waals surface area contributed by atoms with Crippen molar-refractivity contribution in [3.05, 3.63) is 0 Å². The van der Waals surface area contributed by atoms with Gasteiger partial charge in [-0.15, -0.1) is 0 Å². The highest BCUT2D eigenvalue weighted by Crippen LogP contribution is 2.10. The van der Waals surface area contributed by atoms with Gasteiger partial charge in [0.1, 0.15) is 0 Å². The first-order valence-electron chi connectivity index (χ1n) is 4.69. The van der Waals surface area contributed by atoms with Gasteiger partial charge in [0.15, 0.2) is 0 Å². The Morgan fingerprint density at radius 2 is 1.92 bits per heavy atom. The molecule has 1 aliphatic heterocycles. The first-order chi connectivity index (χ1) is 6.00. The maximum atomic E-state index is 10.7. The van der Waals surface area contributed by atoms with E-state index in [9.17, 15) is 8.42 Å². The van der Waals surface area contributed by atoms with E-state index in [1.54, 1.807) is 6.92 Å². The third-order valence-electron chi connectivity index (χ3n) is 2.56. The zero-order valence-electron chi connectivity index (χ0n) is 7.94. The summed E-state index contributed by atoms with van der Waals surface area (Å²) in [5.41, 5.74) is 0. The molecule has 0 aliphatic carbocycles. The van der Waals surface area contributed by atoms with Crippen molar-refractivity contribution < 1.29 is 13.0 Å². The summed E-state index contributed by atoms with van der Waals surface area (Å²) in [5, 5.41) is -0.631. The van der Waals surface area contributed by atoms with Crippen molar-refractivity contribution in [3.63, 3.8) is 0 Å². The lowest BCUT2D eigenvalue weighted by Crippen LogP contribution is -2.26. The van der Waals surface area contributed by atoms with E-state index in [0.29, 0.717) is 6.42 Å². The Balaban J connectivity index is 2.25. The molecule has 1 unspecified atom stereocenters. The van der Waals surface area contributed by atoms with Gasteiger partial charge in [-0.2, -0.15) is 8.42 Å². The van der Waals surface area contributed by atoms with Crippen molar-refractivity contribution in [3.8, 4) is 0 Å². The van der Waals surface area contributed by atoms with E-state index >= 15 is 0 Å². The Morgan fingerprint density at radius 3 is 2.38 bits per heavy atom. The molecule has 0 amide bonds. The lowest BCUT2D eigenvalue weighted by Gasteiger charge is -2.16. The van der Waals surface area contributed by atoms with Gasteiger partial charge in [-0.3, -0.25) is 4.55 Å². The van der Waals surface area contributed by atoms with Gasteiger partial charge < -0.3 is 4.90 Å². The summed E-state index contributed by atoms with van der Waals surface area (Å²) in [4.78, 5) is 2.24. The summed E-state index contributed by atoms with van der Waals surface area (Å²) in [6, 6.07) is 0. The lowest BCUT2D eigenvalue weighted by atomic mass is 10.3. The number of nitrogens with zero attached hydrogens (tertiary/aromatic N) is 1. The topological polar surface area (TPSA) is 57.6 Å². The monoisotopic (exact) mass is 207 g/mol. The van der Waals surface area contributed by atoms with Gasteiger partial charge in [0.05, 0.1) is 5.25 Å². The molecular weight excluding hydrogens is 190 g/mol. The molecule has 1 aliphatic rings. The van der Waals surface area contributed by atoms with Crippen LogP contribution < -0.4 is 0 Å². The van der Waals surface area contributed by atoms with Gasteiger partial charge >= 0.3 is 0 Å². The van der Waals surface area contributed by atoms with Crippen LogP contribution in [-0.2, 0) is 10.1 Å². The molecule has 1 atom stereocenters. The van der Waals surface area contributed by atoms with Crippen molar-refractivity contribution in [2.24, 2.45) is 0 Å². The number of hydrogen-bond donors (Lipinski definition) is 1. The van der Waals surface area contributed by atoms with Crippen LogP contribution in [0.4, 0.5) is 0 Å². The molecule has 0 spiro atoms. The van der Waals surface area contributed by atoms with E-state index in [1.807, 2.05) is 0 Å². The van der Waals surface area contributed by atoms with Crippen molar-refractivity contribution in [1.29, 1.82) is 0 Å². The summed E-state index contributed by atoms with van der Waals surface area (Å²) in [7, 11) is -3.82. The van der Waals surface area contributed by atoms with Crippen LogP contribution in [0.2, 0.25) is 0 Å². The van der Waals surface area contributed by atoms with Crippen LogP contribution in [-0.4, -0.2) is 42.8 Å². The van der Waals surface area contributed by atoms with Crippen LogP contribution in [0.15, 0.2) is 0 Å². The standard InChI is InChI=1S/C8H17NO3S/c1-8(13(10,11)12)4-7-9-5-2-3-6-9/h8H,2-7H2,1H3,(H,10,11,12). The summed E-state index contributed by atoms with van der Waals surface area (Å²) in [6.07, 6.45) is 2.94. The lowest BCUT2D eigenvalue weighted by molar-refractivity contribution is 0.329. The number of hydrogen-bond acceptors (Lipinski definition) is 3. The molecule has 5 heteroatoms. The van der Waals surface area contributed by atoms with E-state index in [-0.39, 0.29) is 0 Å². The summed E-state index contributed by atoms with van der Waals surface area (Å²) < 4.78 is 30.1. The third-order valence-corrected chi connectivity index (χ3v) is 3.81. The highest BCUT2D eigenvalue weighted by molar-refractivity contribution is 7.86. The molecule has 0 radical (unpaired) electrons. The molecule has 0 aromatic carbocycles. The van der Waals surface area contributed by atoms with E-state index in [0.717, 1.165) is 19.6 Å². The number of rotatable bonds is 4. The van der Waals surface area contributed by atoms with Gasteiger partial charge in [-0.05, 0) is 45.8 Å². The Labute approximate surface area is 79.7 Å². The average molecular weight is 207 g/mol. The fourth-order valence-electron chi connectivity index (χ4n) is 1.52. The Bertz CT molecular complexity index is 244. The molecule has 1 rings (SSSR count). The largest absolute Gasteiger partial charge is 0.303 e. The van der Waals surface area contributed by atoms with Gasteiger partial charge in [0, 0.05) is 0 Å². The zero-order valence-corrected chi connectivity index (χ0v) is 8.76. The highest BCUT2D eigenvalue weighted by Gasteiger charge is 2.19. The van der Waals surface area contributed by atoms with E-state index in [2.05, 4.69) is 4.90 Å². The first-order valence-corrected chi connectivity index (χ1v) is 6.19. The van der Waals surface area contributed by atoms with Gasteiger partial charge in [0.25, 0.3) is 10.1 Å². The number of likely N-dealkylation sites (tertiary alicyclic amines) is 1. The maximum Gasteiger partial charge on any atom is 0.267 e. The fraction of sp³-hybridized carbons (Fsp3) is 1.00. The quantitative estimate of drug-likeness (QED) is 0.691. The molecule has 1 fully saturated rings. The van der Waals surface area contributed by atoms with Gasteiger partial charge in [-0.1, -0.05) is 0 Å². The normalized spacial score (nSPS) is 22.0. The minimum absolute atomic E-state index is 0.527. The molecule has 1 heterocycles. The van der Waals surface area contributed by atoms with Crippen LogP contribution in [0.25, 0.3) is 0 Å². The second-order valence-corrected chi connectivity index (χ2v) is 5.50. The molecule has 4 nitrogen and oxygen atoms in total. The Morgan fingerprint density at radius 1 is 1.38 bits per heavy atom. The Hall–Kier alpha value is -0.130. The second-order valence-electron chi connectivity index (χ2n) is 3.66. The smallest absolute Gasteiger partial charge is 0.267 e. The fourth-order valence-corrected chi connectivity index (χ4v) is 1.92. The molecule has 1 N–H and O–H groups in total. The van der Waals surface area contributed by atoms with E-state index in [1.165, 1.54) is 12.8 Å². The predicted molar refractivity (Wildman–Crippen MR) is 51.3 cm³/mol. The van der Waals surface area contributed by atoms with Crippen LogP contribution in [0.3, 0.4) is 0 Å². The summed E-state index contributed by atoms with van der Waals surface area (Å²) >= 11 is 0. The van der Waals surface area contributed by atoms with Crippen LogP contribution in [0, 0.1) is 0 Å². The maximum absolute atomic E-state index is 10.7. The predicted octanol–water partition coefficient (Wildman–Crippen LogP) is 0.749. The van der Waals surface area contributed by atoms with Crippen molar-refractivity contribution in [2.45, 2.75) is 31.4 Å². The molecular formula is C8H17NO3S. The van der Waals surface area contributed by atoms with Crippen molar-refractivity contribution >= 4 is 10.1 Å². The van der Waals surface area contributed by atoms with Crippen LogP contribution in [0.1, 0.15) is 26.2 Å². The second kappa shape index (κ2) is 4.39. The van der Waals surface area contributed by atoms with E-state index < -0.39 is 15.4 Å². The minimum atomic E-state index is -3.82. The summed E-state index contributed by atoms with van der Waals surface area (Å²) in [5.74, 6) is 0. The van der Waals surface area contributed by atoms with Gasteiger partial charge in [-0.25, -0.2) is 0 Å². The molecule has 78 valence electrons. The molecule has 13 heavy (non-hydrogen) atoms. The molecule has 0 saturated carbocycles. The third kappa shape index (κ3) is 3.62. The van der Waals surface area contributed by atoms with E-state index in [4.69, 9.17) is 4.55 Å². The Kier molecular flexibility index (Phi) is 3.70. The summed E-state index contributed by atoms with van der Waals surface area (Å²) in [6.45, 7) is 4.46. The highest BCUT2D eigenvalue weighted by atomic mass is 32.2. The molecule has 0 bridgehead atoms.